The van der Waals surface area contributed by atoms with Gasteiger partial charge in [-0.25, -0.2) is 4.39 Å². The summed E-state index contributed by atoms with van der Waals surface area (Å²) in [7, 11) is 1.69. The summed E-state index contributed by atoms with van der Waals surface area (Å²) in [6.45, 7) is 1.49. The number of amides is 2. The van der Waals surface area contributed by atoms with Crippen molar-refractivity contribution in [2.45, 2.75) is 13.3 Å². The van der Waals surface area contributed by atoms with Crippen LogP contribution in [0.5, 0.6) is 0 Å². The molecular formula is C17H17FN2O2. The maximum absolute atomic E-state index is 13.0. The average Bonchev–Trinajstić information content (AvgIpc) is 2.47. The van der Waals surface area contributed by atoms with Crippen molar-refractivity contribution >= 4 is 23.2 Å². The number of halogens is 1. The summed E-state index contributed by atoms with van der Waals surface area (Å²) in [5.74, 6) is -0.677. The molecule has 0 fully saturated rings. The van der Waals surface area contributed by atoms with Gasteiger partial charge in [0.25, 0.3) is 0 Å². The van der Waals surface area contributed by atoms with Crippen molar-refractivity contribution in [1.29, 1.82) is 0 Å². The molecule has 0 aromatic heterocycles. The first-order valence-electron chi connectivity index (χ1n) is 6.84. The van der Waals surface area contributed by atoms with E-state index in [0.717, 1.165) is 11.3 Å². The van der Waals surface area contributed by atoms with Gasteiger partial charge in [-0.2, -0.15) is 0 Å². The summed E-state index contributed by atoms with van der Waals surface area (Å²) in [5.41, 5.74) is 2.01. The van der Waals surface area contributed by atoms with E-state index in [0.29, 0.717) is 5.69 Å². The molecule has 0 saturated carbocycles. The van der Waals surface area contributed by atoms with Crippen LogP contribution in [0.15, 0.2) is 48.5 Å². The number of anilines is 2. The molecule has 0 aliphatic carbocycles. The van der Waals surface area contributed by atoms with Gasteiger partial charge in [0.1, 0.15) is 5.82 Å². The third-order valence-electron chi connectivity index (χ3n) is 3.27. The fourth-order valence-electron chi connectivity index (χ4n) is 1.98. The van der Waals surface area contributed by atoms with Gasteiger partial charge in [0.05, 0.1) is 6.42 Å². The van der Waals surface area contributed by atoms with E-state index in [1.165, 1.54) is 30.0 Å². The lowest BCUT2D eigenvalue weighted by atomic mass is 10.1. The number of nitrogens with one attached hydrogen (secondary N) is 1. The van der Waals surface area contributed by atoms with E-state index >= 15 is 0 Å². The fraction of sp³-hybridized carbons (Fsp3) is 0.176. The Hall–Kier alpha value is -2.69. The normalized spacial score (nSPS) is 10.1. The second kappa shape index (κ2) is 6.85. The topological polar surface area (TPSA) is 49.4 Å². The summed E-state index contributed by atoms with van der Waals surface area (Å²) in [4.78, 5) is 24.7. The first-order chi connectivity index (χ1) is 10.5. The Morgan fingerprint density at radius 3 is 2.41 bits per heavy atom. The summed E-state index contributed by atoms with van der Waals surface area (Å²) in [6.07, 6.45) is 0.181. The summed E-state index contributed by atoms with van der Waals surface area (Å²) in [5, 5.41) is 2.64. The van der Waals surface area contributed by atoms with Gasteiger partial charge in [0, 0.05) is 25.3 Å². The molecule has 2 aromatic carbocycles. The Labute approximate surface area is 128 Å². The molecule has 0 heterocycles. The second-order valence-electron chi connectivity index (χ2n) is 4.98. The van der Waals surface area contributed by atoms with Crippen LogP contribution in [0.1, 0.15) is 12.5 Å². The lowest BCUT2D eigenvalue weighted by molar-refractivity contribution is -0.116. The highest BCUT2D eigenvalue weighted by atomic mass is 19.1. The van der Waals surface area contributed by atoms with Crippen molar-refractivity contribution in [1.82, 2.24) is 0 Å². The maximum Gasteiger partial charge on any atom is 0.228 e. The molecule has 0 atom stereocenters. The van der Waals surface area contributed by atoms with E-state index in [2.05, 4.69) is 5.32 Å². The van der Waals surface area contributed by atoms with Gasteiger partial charge in [0.15, 0.2) is 0 Å². The zero-order valence-electron chi connectivity index (χ0n) is 12.5. The Kier molecular flexibility index (Phi) is 4.88. The predicted molar refractivity (Wildman–Crippen MR) is 84.3 cm³/mol. The van der Waals surface area contributed by atoms with Gasteiger partial charge >= 0.3 is 0 Å². The zero-order valence-corrected chi connectivity index (χ0v) is 12.5. The number of hydrogen-bond acceptors (Lipinski definition) is 2. The molecule has 0 spiro atoms. The van der Waals surface area contributed by atoms with Gasteiger partial charge in [0.2, 0.25) is 11.8 Å². The van der Waals surface area contributed by atoms with Crippen LogP contribution in [0.25, 0.3) is 0 Å². The van der Waals surface area contributed by atoms with E-state index in [1.807, 2.05) is 0 Å². The molecule has 2 rings (SSSR count). The number of benzene rings is 2. The van der Waals surface area contributed by atoms with Crippen LogP contribution < -0.4 is 10.2 Å². The van der Waals surface area contributed by atoms with Crippen LogP contribution in [-0.2, 0) is 16.0 Å². The minimum absolute atomic E-state index is 0.0587. The molecule has 0 bridgehead atoms. The Balaban J connectivity index is 1.98. The average molecular weight is 300 g/mol. The number of carbonyl (C=O) groups excluding carboxylic acids is 2. The molecule has 2 amide bonds. The summed E-state index contributed by atoms with van der Waals surface area (Å²) in [6, 6.07) is 12.9. The first kappa shape index (κ1) is 15.7. The first-order valence-corrected chi connectivity index (χ1v) is 6.84. The highest BCUT2D eigenvalue weighted by Gasteiger charge is 2.07. The predicted octanol–water partition coefficient (Wildman–Crippen LogP) is 2.99. The van der Waals surface area contributed by atoms with Crippen molar-refractivity contribution in [2.24, 2.45) is 0 Å². The van der Waals surface area contributed by atoms with Crippen molar-refractivity contribution in [2.75, 3.05) is 17.3 Å². The minimum Gasteiger partial charge on any atom is -0.326 e. The third kappa shape index (κ3) is 4.15. The Bertz CT molecular complexity index is 683. The van der Waals surface area contributed by atoms with E-state index in [4.69, 9.17) is 0 Å². The SMILES string of the molecule is CC(=O)N(C)c1ccc(CC(=O)Nc2cccc(F)c2)cc1. The lowest BCUT2D eigenvalue weighted by Gasteiger charge is -2.15. The number of carbonyl (C=O) groups is 2. The second-order valence-corrected chi connectivity index (χ2v) is 4.98. The van der Waals surface area contributed by atoms with Crippen LogP contribution >= 0.6 is 0 Å². The number of nitrogens with zero attached hydrogens (tertiary/aromatic N) is 1. The molecule has 22 heavy (non-hydrogen) atoms. The third-order valence-corrected chi connectivity index (χ3v) is 3.27. The lowest BCUT2D eigenvalue weighted by Crippen LogP contribution is -2.22. The summed E-state index contributed by atoms with van der Waals surface area (Å²) >= 11 is 0. The van der Waals surface area contributed by atoms with Gasteiger partial charge in [-0.05, 0) is 35.9 Å². The van der Waals surface area contributed by atoms with Crippen LogP contribution in [0.4, 0.5) is 15.8 Å². The number of rotatable bonds is 4. The minimum atomic E-state index is -0.394. The molecule has 4 nitrogen and oxygen atoms in total. The highest BCUT2D eigenvalue weighted by molar-refractivity contribution is 5.93. The standard InChI is InChI=1S/C17H17FN2O2/c1-12(21)20(2)16-8-6-13(7-9-16)10-17(22)19-15-5-3-4-14(18)11-15/h3-9,11H,10H2,1-2H3,(H,19,22). The van der Waals surface area contributed by atoms with Crippen LogP contribution in [0.3, 0.4) is 0 Å². The Morgan fingerprint density at radius 1 is 1.14 bits per heavy atom. The zero-order chi connectivity index (χ0) is 16.1. The van der Waals surface area contributed by atoms with Gasteiger partial charge in [-0.1, -0.05) is 18.2 Å². The van der Waals surface area contributed by atoms with E-state index in [9.17, 15) is 14.0 Å². The van der Waals surface area contributed by atoms with E-state index < -0.39 is 5.82 Å². The number of hydrogen-bond donors (Lipinski definition) is 1. The quantitative estimate of drug-likeness (QED) is 0.943. The van der Waals surface area contributed by atoms with Gasteiger partial charge < -0.3 is 10.2 Å². The van der Waals surface area contributed by atoms with Crippen LogP contribution in [0, 0.1) is 5.82 Å². The van der Waals surface area contributed by atoms with Crippen LogP contribution in [-0.4, -0.2) is 18.9 Å². The van der Waals surface area contributed by atoms with Crippen molar-refractivity contribution in [3.63, 3.8) is 0 Å². The molecule has 0 unspecified atom stereocenters. The molecule has 0 radical (unpaired) electrons. The molecule has 2 aromatic rings. The highest BCUT2D eigenvalue weighted by Crippen LogP contribution is 2.15. The Morgan fingerprint density at radius 2 is 1.82 bits per heavy atom. The maximum atomic E-state index is 13.0. The summed E-state index contributed by atoms with van der Waals surface area (Å²) < 4.78 is 13.0. The molecular weight excluding hydrogens is 283 g/mol. The van der Waals surface area contributed by atoms with E-state index in [1.54, 1.807) is 37.4 Å². The molecule has 0 aliphatic rings. The van der Waals surface area contributed by atoms with Crippen molar-refractivity contribution < 1.29 is 14.0 Å². The van der Waals surface area contributed by atoms with Crippen molar-refractivity contribution in [3.8, 4) is 0 Å². The molecule has 0 aliphatic heterocycles. The molecule has 1 N–H and O–H groups in total. The van der Waals surface area contributed by atoms with E-state index in [-0.39, 0.29) is 18.2 Å². The smallest absolute Gasteiger partial charge is 0.228 e. The largest absolute Gasteiger partial charge is 0.326 e. The molecule has 114 valence electrons. The monoisotopic (exact) mass is 300 g/mol. The molecule has 5 heteroatoms. The van der Waals surface area contributed by atoms with Crippen LogP contribution in [0.2, 0.25) is 0 Å². The fourth-order valence-corrected chi connectivity index (χ4v) is 1.98. The van der Waals surface area contributed by atoms with Gasteiger partial charge in [-0.15, -0.1) is 0 Å². The van der Waals surface area contributed by atoms with Crippen molar-refractivity contribution in [3.05, 3.63) is 59.9 Å². The van der Waals surface area contributed by atoms with Gasteiger partial charge in [-0.3, -0.25) is 9.59 Å². The molecule has 0 saturated heterocycles.